The van der Waals surface area contributed by atoms with Crippen molar-refractivity contribution in [2.45, 2.75) is 4.90 Å². The molecule has 0 unspecified atom stereocenters. The molecular formula is C12H8BrClN2O4S. The number of sulfonamides is 1. The van der Waals surface area contributed by atoms with E-state index >= 15 is 0 Å². The number of para-hydroxylation sites is 1. The van der Waals surface area contributed by atoms with Gasteiger partial charge in [-0.2, -0.15) is 0 Å². The Morgan fingerprint density at radius 2 is 1.86 bits per heavy atom. The summed E-state index contributed by atoms with van der Waals surface area (Å²) in [6, 6.07) is 9.83. The molecule has 0 spiro atoms. The topological polar surface area (TPSA) is 89.3 Å². The van der Waals surface area contributed by atoms with Gasteiger partial charge in [-0.15, -0.1) is 0 Å². The highest BCUT2D eigenvalue weighted by molar-refractivity contribution is 9.10. The fraction of sp³-hybridized carbons (Fsp3) is 0. The van der Waals surface area contributed by atoms with Crippen molar-refractivity contribution in [1.82, 2.24) is 0 Å². The lowest BCUT2D eigenvalue weighted by Crippen LogP contribution is -2.13. The number of nitro benzene ring substituents is 1. The Labute approximate surface area is 134 Å². The van der Waals surface area contributed by atoms with Crippen LogP contribution in [0.15, 0.2) is 51.8 Å². The fourth-order valence-electron chi connectivity index (χ4n) is 1.56. The van der Waals surface area contributed by atoms with Crippen molar-refractivity contribution in [2.24, 2.45) is 0 Å². The second kappa shape index (κ2) is 6.00. The summed E-state index contributed by atoms with van der Waals surface area (Å²) in [4.78, 5) is 9.75. The van der Waals surface area contributed by atoms with E-state index in [0.29, 0.717) is 10.2 Å². The first-order valence-electron chi connectivity index (χ1n) is 5.52. The normalized spacial score (nSPS) is 11.1. The Balaban J connectivity index is 2.41. The van der Waals surface area contributed by atoms with E-state index in [2.05, 4.69) is 20.7 Å². The molecule has 1 N–H and O–H groups in total. The van der Waals surface area contributed by atoms with Crippen LogP contribution in [-0.4, -0.2) is 13.3 Å². The molecule has 0 aromatic heterocycles. The Bertz CT molecular complexity index is 811. The van der Waals surface area contributed by atoms with Crippen molar-refractivity contribution >= 4 is 48.9 Å². The minimum Gasteiger partial charge on any atom is -0.278 e. The first kappa shape index (κ1) is 15.7. The van der Waals surface area contributed by atoms with Crippen LogP contribution in [0.1, 0.15) is 0 Å². The molecule has 0 bridgehead atoms. The number of nitro groups is 1. The molecule has 21 heavy (non-hydrogen) atoms. The molecule has 0 saturated carbocycles. The third kappa shape index (κ3) is 3.52. The van der Waals surface area contributed by atoms with Gasteiger partial charge < -0.3 is 0 Å². The summed E-state index contributed by atoms with van der Waals surface area (Å²) >= 11 is 9.05. The lowest BCUT2D eigenvalue weighted by molar-refractivity contribution is -0.384. The maximum Gasteiger partial charge on any atom is 0.271 e. The third-order valence-electron chi connectivity index (χ3n) is 2.53. The summed E-state index contributed by atoms with van der Waals surface area (Å²) in [5.74, 6) is 0. The smallest absolute Gasteiger partial charge is 0.271 e. The number of nitrogens with zero attached hydrogens (tertiary/aromatic N) is 1. The van der Waals surface area contributed by atoms with E-state index in [0.717, 1.165) is 18.2 Å². The van der Waals surface area contributed by atoms with Crippen LogP contribution in [0.4, 0.5) is 11.4 Å². The van der Waals surface area contributed by atoms with E-state index in [1.807, 2.05) is 0 Å². The van der Waals surface area contributed by atoms with Gasteiger partial charge in [-0.1, -0.05) is 23.7 Å². The van der Waals surface area contributed by atoms with Crippen LogP contribution < -0.4 is 4.72 Å². The molecule has 2 rings (SSSR count). The molecule has 2 aromatic carbocycles. The largest absolute Gasteiger partial charge is 0.278 e. The summed E-state index contributed by atoms with van der Waals surface area (Å²) in [5, 5.41) is 10.4. The SMILES string of the molecule is O=[N+]([O-])c1ccc(S(=O)(=O)Nc2ccccc2Br)c(Cl)c1. The van der Waals surface area contributed by atoms with E-state index in [-0.39, 0.29) is 15.6 Å². The maximum atomic E-state index is 12.3. The highest BCUT2D eigenvalue weighted by Gasteiger charge is 2.21. The summed E-state index contributed by atoms with van der Waals surface area (Å²) < 4.78 is 27.5. The van der Waals surface area contributed by atoms with Gasteiger partial charge in [0.2, 0.25) is 0 Å². The fourth-order valence-corrected chi connectivity index (χ4v) is 3.70. The minimum atomic E-state index is -3.94. The van der Waals surface area contributed by atoms with Crippen molar-refractivity contribution in [1.29, 1.82) is 0 Å². The molecule has 110 valence electrons. The number of nitrogens with one attached hydrogen (secondary N) is 1. The van der Waals surface area contributed by atoms with Gasteiger partial charge in [0.05, 0.1) is 15.6 Å². The third-order valence-corrected chi connectivity index (χ3v) is 5.07. The molecular weight excluding hydrogens is 384 g/mol. The van der Waals surface area contributed by atoms with E-state index in [1.165, 1.54) is 0 Å². The standard InChI is InChI=1S/C12H8BrClN2O4S/c13-9-3-1-2-4-11(9)15-21(19,20)12-6-5-8(16(17)18)7-10(12)14/h1-7,15H. The number of rotatable bonds is 4. The van der Waals surface area contributed by atoms with E-state index in [9.17, 15) is 18.5 Å². The molecule has 0 aliphatic rings. The summed E-state index contributed by atoms with van der Waals surface area (Å²) in [6.45, 7) is 0. The Hall–Kier alpha value is -1.64. The molecule has 0 saturated heterocycles. The average molecular weight is 392 g/mol. The molecule has 0 amide bonds. The van der Waals surface area contributed by atoms with Gasteiger partial charge in [0.25, 0.3) is 15.7 Å². The first-order valence-corrected chi connectivity index (χ1v) is 8.18. The van der Waals surface area contributed by atoms with Gasteiger partial charge in [-0.3, -0.25) is 14.8 Å². The summed E-state index contributed by atoms with van der Waals surface area (Å²) in [5.41, 5.74) is 0.0618. The molecule has 0 fully saturated rings. The molecule has 0 atom stereocenters. The predicted molar refractivity (Wildman–Crippen MR) is 83.1 cm³/mol. The molecule has 6 nitrogen and oxygen atoms in total. The monoisotopic (exact) mass is 390 g/mol. The molecule has 0 radical (unpaired) electrons. The zero-order valence-corrected chi connectivity index (χ0v) is 13.4. The number of halogens is 2. The van der Waals surface area contributed by atoms with E-state index in [4.69, 9.17) is 11.6 Å². The van der Waals surface area contributed by atoms with Crippen LogP contribution in [0.5, 0.6) is 0 Å². The summed E-state index contributed by atoms with van der Waals surface area (Å²) in [7, 11) is -3.94. The van der Waals surface area contributed by atoms with Crippen molar-refractivity contribution in [3.05, 3.63) is 62.1 Å². The van der Waals surface area contributed by atoms with E-state index < -0.39 is 14.9 Å². The number of hydrogen-bond acceptors (Lipinski definition) is 4. The Morgan fingerprint density at radius 3 is 2.43 bits per heavy atom. The number of anilines is 1. The van der Waals surface area contributed by atoms with Crippen molar-refractivity contribution in [3.8, 4) is 0 Å². The van der Waals surface area contributed by atoms with Gasteiger partial charge in [-0.05, 0) is 34.1 Å². The van der Waals surface area contributed by atoms with Crippen LogP contribution in [0.3, 0.4) is 0 Å². The van der Waals surface area contributed by atoms with Crippen LogP contribution >= 0.6 is 27.5 Å². The molecule has 2 aromatic rings. The van der Waals surface area contributed by atoms with Gasteiger partial charge in [-0.25, -0.2) is 8.42 Å². The van der Waals surface area contributed by atoms with Gasteiger partial charge in [0.15, 0.2) is 0 Å². The first-order chi connectivity index (χ1) is 9.81. The van der Waals surface area contributed by atoms with Gasteiger partial charge in [0.1, 0.15) is 4.90 Å². The number of hydrogen-bond donors (Lipinski definition) is 1. The molecule has 9 heteroatoms. The average Bonchev–Trinajstić information content (AvgIpc) is 2.40. The number of non-ortho nitro benzene ring substituents is 1. The molecule has 0 aliphatic carbocycles. The minimum absolute atomic E-state index is 0.219. The second-order valence-corrected chi connectivity index (χ2v) is 6.87. The maximum absolute atomic E-state index is 12.3. The lowest BCUT2D eigenvalue weighted by atomic mass is 10.3. The van der Waals surface area contributed by atoms with Crippen LogP contribution in [0.2, 0.25) is 5.02 Å². The van der Waals surface area contributed by atoms with E-state index in [1.54, 1.807) is 24.3 Å². The number of benzene rings is 2. The Kier molecular flexibility index (Phi) is 4.50. The van der Waals surface area contributed by atoms with Crippen LogP contribution in [-0.2, 0) is 10.0 Å². The van der Waals surface area contributed by atoms with Crippen molar-refractivity contribution in [2.75, 3.05) is 4.72 Å². The lowest BCUT2D eigenvalue weighted by Gasteiger charge is -2.10. The second-order valence-electron chi connectivity index (χ2n) is 3.96. The molecule has 0 heterocycles. The Morgan fingerprint density at radius 1 is 1.19 bits per heavy atom. The van der Waals surface area contributed by atoms with Crippen molar-refractivity contribution < 1.29 is 13.3 Å². The zero-order valence-electron chi connectivity index (χ0n) is 10.3. The van der Waals surface area contributed by atoms with Crippen molar-refractivity contribution in [3.63, 3.8) is 0 Å². The summed E-state index contributed by atoms with van der Waals surface area (Å²) in [6.07, 6.45) is 0. The highest BCUT2D eigenvalue weighted by Crippen LogP contribution is 2.29. The molecule has 0 aliphatic heterocycles. The highest BCUT2D eigenvalue weighted by atomic mass is 79.9. The predicted octanol–water partition coefficient (Wildman–Crippen LogP) is 3.81. The van der Waals surface area contributed by atoms with Gasteiger partial charge in [0, 0.05) is 16.6 Å². The quantitative estimate of drug-likeness (QED) is 0.634. The van der Waals surface area contributed by atoms with Crippen LogP contribution in [0, 0.1) is 10.1 Å². The zero-order chi connectivity index (χ0) is 15.6. The van der Waals surface area contributed by atoms with Crippen LogP contribution in [0.25, 0.3) is 0 Å². The van der Waals surface area contributed by atoms with Gasteiger partial charge >= 0.3 is 0 Å².